The molecule has 0 radical (unpaired) electrons. The third-order valence-corrected chi connectivity index (χ3v) is 9.39. The molecule has 9 nitrogen and oxygen atoms in total. The summed E-state index contributed by atoms with van der Waals surface area (Å²) in [6.07, 6.45) is 13.6. The van der Waals surface area contributed by atoms with E-state index in [9.17, 15) is 10.5 Å². The highest BCUT2D eigenvalue weighted by molar-refractivity contribution is 6.39. The van der Waals surface area contributed by atoms with Gasteiger partial charge in [-0.15, -0.1) is 0 Å². The first-order valence-electron chi connectivity index (χ1n) is 14.5. The fraction of sp³-hybridized carbons (Fsp3) is 0.387. The molecule has 2 aromatic heterocycles. The Kier molecular flexibility index (Phi) is 7.16. The van der Waals surface area contributed by atoms with Crippen LogP contribution in [0.25, 0.3) is 5.57 Å². The molecule has 1 saturated carbocycles. The lowest BCUT2D eigenvalue weighted by atomic mass is 9.54. The van der Waals surface area contributed by atoms with Gasteiger partial charge < -0.3 is 20.4 Å². The van der Waals surface area contributed by atoms with Crippen LogP contribution in [0.1, 0.15) is 43.2 Å². The highest BCUT2D eigenvalue weighted by Gasteiger charge is 2.51. The molecular weight excluding hydrogens is 522 g/mol. The molecule has 0 amide bonds. The summed E-state index contributed by atoms with van der Waals surface area (Å²) in [7, 11) is 6.18. The number of fused-ring (bicyclic) bond motifs is 2. The van der Waals surface area contributed by atoms with Crippen molar-refractivity contribution >= 4 is 33.3 Å². The van der Waals surface area contributed by atoms with Crippen molar-refractivity contribution in [1.29, 1.82) is 15.9 Å². The Bertz CT molecular complexity index is 1550. The summed E-state index contributed by atoms with van der Waals surface area (Å²) in [4.78, 5) is 14.3. The SMILES string of the molecule is BC(B)(c1ccc(OC)nc1)N1C2CC1CN(c1ccc(C3=CC(CCC4(C#N)CC4)=CN/C3=C(/C#N)C=N)cn1)C2. The summed E-state index contributed by atoms with van der Waals surface area (Å²) >= 11 is 0. The van der Waals surface area contributed by atoms with Gasteiger partial charge in [-0.3, -0.25) is 4.90 Å². The van der Waals surface area contributed by atoms with E-state index in [4.69, 9.17) is 15.1 Å². The van der Waals surface area contributed by atoms with Gasteiger partial charge in [-0.1, -0.05) is 6.07 Å². The Labute approximate surface area is 248 Å². The first-order chi connectivity index (χ1) is 20.3. The van der Waals surface area contributed by atoms with E-state index in [1.54, 1.807) is 7.11 Å². The van der Waals surface area contributed by atoms with E-state index in [2.05, 4.69) is 72.2 Å². The lowest BCUT2D eigenvalue weighted by Gasteiger charge is -2.62. The van der Waals surface area contributed by atoms with Crippen LogP contribution < -0.4 is 15.0 Å². The quantitative estimate of drug-likeness (QED) is 0.274. The zero-order chi connectivity index (χ0) is 29.5. The maximum Gasteiger partial charge on any atom is 0.212 e. The minimum atomic E-state index is -0.174. The fourth-order valence-corrected chi connectivity index (χ4v) is 6.70. The molecule has 0 aromatic carbocycles. The van der Waals surface area contributed by atoms with Gasteiger partial charge in [0.05, 0.1) is 29.9 Å². The third kappa shape index (κ3) is 4.99. The predicted molar refractivity (Wildman–Crippen MR) is 167 cm³/mol. The number of rotatable bonds is 9. The van der Waals surface area contributed by atoms with E-state index in [0.717, 1.165) is 67.5 Å². The van der Waals surface area contributed by atoms with Crippen LogP contribution in [0.15, 0.2) is 65.8 Å². The Hall–Kier alpha value is -4.34. The van der Waals surface area contributed by atoms with E-state index >= 15 is 0 Å². The average Bonchev–Trinajstić information content (AvgIpc) is 3.81. The largest absolute Gasteiger partial charge is 0.481 e. The lowest BCUT2D eigenvalue weighted by molar-refractivity contribution is -0.0304. The van der Waals surface area contributed by atoms with Crippen molar-refractivity contribution in [2.24, 2.45) is 5.41 Å². The molecule has 4 fully saturated rings. The molecule has 2 atom stereocenters. The molecular formula is C31H34B2N8O. The Balaban J connectivity index is 1.18. The van der Waals surface area contributed by atoms with Crippen LogP contribution in [0.2, 0.25) is 0 Å². The van der Waals surface area contributed by atoms with Gasteiger partial charge in [0.15, 0.2) is 0 Å². The number of methoxy groups -OCH3 is 1. The van der Waals surface area contributed by atoms with Gasteiger partial charge in [0.1, 0.15) is 27.6 Å². The van der Waals surface area contributed by atoms with Crippen LogP contribution in [0.5, 0.6) is 5.88 Å². The number of pyridine rings is 2. The second-order valence-corrected chi connectivity index (χ2v) is 12.3. The lowest BCUT2D eigenvalue weighted by Crippen LogP contribution is -2.74. The summed E-state index contributed by atoms with van der Waals surface area (Å²) in [5.74, 6) is 1.57. The van der Waals surface area contributed by atoms with Crippen LogP contribution in [-0.2, 0) is 5.34 Å². The van der Waals surface area contributed by atoms with Gasteiger partial charge in [-0.05, 0) is 66.8 Å². The number of ether oxygens (including phenoxy) is 1. The van der Waals surface area contributed by atoms with Crippen molar-refractivity contribution in [3.63, 3.8) is 0 Å². The summed E-state index contributed by atoms with van der Waals surface area (Å²) in [6, 6.07) is 13.6. The van der Waals surface area contributed by atoms with Gasteiger partial charge in [-0.2, -0.15) is 10.5 Å². The van der Waals surface area contributed by atoms with Crippen molar-refractivity contribution in [3.8, 4) is 18.0 Å². The molecule has 4 aliphatic heterocycles. The van der Waals surface area contributed by atoms with Crippen LogP contribution in [0, 0.1) is 33.5 Å². The molecule has 1 aliphatic carbocycles. The monoisotopic (exact) mass is 556 g/mol. The van der Waals surface area contributed by atoms with Crippen LogP contribution in [-0.4, -0.2) is 69.1 Å². The summed E-state index contributed by atoms with van der Waals surface area (Å²) in [5.41, 5.74) is 4.69. The normalized spacial score (nSPS) is 23.6. The van der Waals surface area contributed by atoms with Crippen LogP contribution >= 0.6 is 0 Å². The minimum Gasteiger partial charge on any atom is -0.481 e. The zero-order valence-corrected chi connectivity index (χ0v) is 24.4. The number of allylic oxidation sites excluding steroid dienone is 4. The molecule has 6 heterocycles. The van der Waals surface area contributed by atoms with E-state index < -0.39 is 0 Å². The molecule has 0 spiro atoms. The van der Waals surface area contributed by atoms with Crippen molar-refractivity contribution in [3.05, 3.63) is 76.9 Å². The van der Waals surface area contributed by atoms with Crippen molar-refractivity contribution in [2.45, 2.75) is 49.5 Å². The molecule has 3 saturated heterocycles. The molecule has 5 aliphatic rings. The number of piperazine rings is 1. The van der Waals surface area contributed by atoms with E-state index in [1.807, 2.05) is 24.7 Å². The summed E-state index contributed by atoms with van der Waals surface area (Å²) < 4.78 is 5.25. The summed E-state index contributed by atoms with van der Waals surface area (Å²) in [6.45, 7) is 1.82. The van der Waals surface area contributed by atoms with E-state index in [1.165, 1.54) is 12.0 Å². The zero-order valence-electron chi connectivity index (χ0n) is 24.4. The van der Waals surface area contributed by atoms with Crippen molar-refractivity contribution in [2.75, 3.05) is 25.1 Å². The predicted octanol–water partition coefficient (Wildman–Crippen LogP) is 2.21. The van der Waals surface area contributed by atoms with Crippen LogP contribution in [0.4, 0.5) is 5.82 Å². The second kappa shape index (κ2) is 10.8. The smallest absolute Gasteiger partial charge is 0.212 e. The first-order valence-corrected chi connectivity index (χ1v) is 14.5. The van der Waals surface area contributed by atoms with Gasteiger partial charge >= 0.3 is 0 Å². The van der Waals surface area contributed by atoms with Gasteiger partial charge in [0.2, 0.25) is 5.88 Å². The van der Waals surface area contributed by atoms with E-state index in [0.29, 0.717) is 23.7 Å². The molecule has 11 heteroatoms. The highest BCUT2D eigenvalue weighted by atomic mass is 16.5. The number of nitrogens with one attached hydrogen (secondary N) is 2. The van der Waals surface area contributed by atoms with Gasteiger partial charge in [0, 0.05) is 67.2 Å². The second-order valence-electron chi connectivity index (χ2n) is 12.3. The number of aromatic nitrogens is 2. The number of anilines is 1. The number of nitrogens with zero attached hydrogens (tertiary/aromatic N) is 6. The topological polar surface area (TPSA) is 125 Å². The van der Waals surface area contributed by atoms with E-state index in [-0.39, 0.29) is 16.3 Å². The van der Waals surface area contributed by atoms with Gasteiger partial charge in [-0.25, -0.2) is 9.97 Å². The number of piperidine rings is 1. The fourth-order valence-electron chi connectivity index (χ4n) is 6.70. The molecule has 2 bridgehead atoms. The molecule has 7 rings (SSSR count). The molecule has 42 heavy (non-hydrogen) atoms. The Morgan fingerprint density at radius 3 is 2.55 bits per heavy atom. The van der Waals surface area contributed by atoms with Gasteiger partial charge in [0.25, 0.3) is 0 Å². The summed E-state index contributed by atoms with van der Waals surface area (Å²) in [5, 5.41) is 30.0. The molecule has 2 unspecified atom stereocenters. The number of dihydropyridines is 1. The molecule has 2 aromatic rings. The number of hydrogen-bond donors (Lipinski definition) is 2. The molecule has 2 N–H and O–H groups in total. The van der Waals surface area contributed by atoms with Crippen LogP contribution in [0.3, 0.4) is 0 Å². The maximum absolute atomic E-state index is 9.66. The average molecular weight is 556 g/mol. The van der Waals surface area contributed by atoms with Crippen molar-refractivity contribution in [1.82, 2.24) is 20.2 Å². The highest BCUT2D eigenvalue weighted by Crippen LogP contribution is 2.49. The molecule has 210 valence electrons. The first kappa shape index (κ1) is 27.8. The standard InChI is InChI=1S/C31H34B2N8O/c1-42-28-5-3-23(16-38-28)31(32,33)41-24-11-25(41)18-40(17-24)27-4-2-21(15-37-27)26-10-20(6-7-30(19-36)8-9-30)14-39-29(26)22(12-34)13-35/h2-5,10,12,14-16,24-25,34,39H,6-9,11,17-18,32-33H2,1H3/b29-22+,34-12?. The number of hydrogen-bond acceptors (Lipinski definition) is 9. The van der Waals surface area contributed by atoms with Crippen molar-refractivity contribution < 1.29 is 4.74 Å². The number of nitriles is 2. The maximum atomic E-state index is 9.66. The Morgan fingerprint density at radius 1 is 1.19 bits per heavy atom. The minimum absolute atomic E-state index is 0.135. The Morgan fingerprint density at radius 2 is 1.98 bits per heavy atom. The third-order valence-electron chi connectivity index (χ3n) is 9.39.